The lowest BCUT2D eigenvalue weighted by Crippen LogP contribution is -2.52. The minimum Gasteiger partial charge on any atom is -0.434 e. The molecule has 0 saturated carbocycles. The predicted octanol–water partition coefficient (Wildman–Crippen LogP) is 2.76. The van der Waals surface area contributed by atoms with Gasteiger partial charge >= 0.3 is 0 Å². The molecule has 2 amide bonds. The molecule has 2 N–H and O–H groups in total. The van der Waals surface area contributed by atoms with Gasteiger partial charge in [-0.05, 0) is 43.4 Å². The van der Waals surface area contributed by atoms with E-state index in [0.717, 1.165) is 5.56 Å². The van der Waals surface area contributed by atoms with Crippen LogP contribution >= 0.6 is 0 Å². The number of rotatable bonds is 11. The zero-order valence-electron chi connectivity index (χ0n) is 21.0. The van der Waals surface area contributed by atoms with Crippen LogP contribution in [0.1, 0.15) is 42.4 Å². The van der Waals surface area contributed by atoms with E-state index in [9.17, 15) is 19.5 Å². The molecule has 9 heteroatoms. The fourth-order valence-electron chi connectivity index (χ4n) is 4.50. The lowest BCUT2D eigenvalue weighted by atomic mass is 9.92. The van der Waals surface area contributed by atoms with Crippen LogP contribution < -0.4 is 5.32 Å². The van der Waals surface area contributed by atoms with E-state index in [1.165, 1.54) is 4.90 Å². The molecule has 1 aromatic heterocycles. The number of Topliss-reactive ketones (excluding diaryl/α,β-unsaturated/α-hetero) is 1. The predicted molar refractivity (Wildman–Crippen MR) is 137 cm³/mol. The van der Waals surface area contributed by atoms with Gasteiger partial charge in [-0.1, -0.05) is 49.4 Å². The van der Waals surface area contributed by atoms with Crippen molar-refractivity contribution >= 4 is 28.7 Å². The average molecular weight is 508 g/mol. The van der Waals surface area contributed by atoms with Crippen molar-refractivity contribution in [2.45, 2.75) is 44.8 Å². The van der Waals surface area contributed by atoms with E-state index in [2.05, 4.69) is 10.3 Å². The first kappa shape index (κ1) is 26.5. The first-order chi connectivity index (χ1) is 18.0. The SMILES string of the molecule is CCC(NC(=O)[C@H](CCCc1ccccc1)[C@H](O)C(=O)N1CCOCC1)C(=O)c1nc2ccccc2o1. The number of aliphatic hydroxyl groups is 1. The van der Waals surface area contributed by atoms with E-state index >= 15 is 0 Å². The monoisotopic (exact) mass is 507 g/mol. The first-order valence-electron chi connectivity index (χ1n) is 12.8. The highest BCUT2D eigenvalue weighted by molar-refractivity contribution is 6.00. The second kappa shape index (κ2) is 12.6. The maximum absolute atomic E-state index is 13.4. The number of benzene rings is 2. The van der Waals surface area contributed by atoms with Gasteiger partial charge in [0.2, 0.25) is 11.7 Å². The number of hydrogen-bond donors (Lipinski definition) is 2. The van der Waals surface area contributed by atoms with Crippen LogP contribution in [-0.2, 0) is 20.7 Å². The van der Waals surface area contributed by atoms with Gasteiger partial charge in [-0.15, -0.1) is 0 Å². The number of carbonyl (C=O) groups is 3. The first-order valence-corrected chi connectivity index (χ1v) is 12.8. The van der Waals surface area contributed by atoms with Gasteiger partial charge in [0, 0.05) is 13.1 Å². The molecule has 0 bridgehead atoms. The van der Waals surface area contributed by atoms with E-state index in [0.29, 0.717) is 56.7 Å². The number of carbonyl (C=O) groups excluding carboxylic acids is 3. The number of nitrogens with one attached hydrogen (secondary N) is 1. The second-order valence-corrected chi connectivity index (χ2v) is 9.19. The molecule has 9 nitrogen and oxygen atoms in total. The van der Waals surface area contributed by atoms with Crippen LogP contribution in [0.5, 0.6) is 0 Å². The summed E-state index contributed by atoms with van der Waals surface area (Å²) >= 11 is 0. The van der Waals surface area contributed by atoms with Crippen molar-refractivity contribution < 1.29 is 28.6 Å². The van der Waals surface area contributed by atoms with E-state index in [1.54, 1.807) is 31.2 Å². The number of aryl methyl sites for hydroxylation is 1. The van der Waals surface area contributed by atoms with Crippen molar-refractivity contribution in [1.29, 1.82) is 0 Å². The number of ether oxygens (including phenoxy) is 1. The number of para-hydroxylation sites is 2. The molecular formula is C28H33N3O6. The highest BCUT2D eigenvalue weighted by Crippen LogP contribution is 2.20. The van der Waals surface area contributed by atoms with Crippen LogP contribution in [0.15, 0.2) is 59.0 Å². The number of amides is 2. The maximum atomic E-state index is 13.4. The van der Waals surface area contributed by atoms with Gasteiger partial charge in [-0.25, -0.2) is 4.98 Å². The Bertz CT molecular complexity index is 1170. The Morgan fingerprint density at radius 2 is 1.76 bits per heavy atom. The summed E-state index contributed by atoms with van der Waals surface area (Å²) in [4.78, 5) is 45.4. The third-order valence-corrected chi connectivity index (χ3v) is 6.66. The number of aliphatic hydroxyl groups excluding tert-OH is 1. The van der Waals surface area contributed by atoms with E-state index < -0.39 is 35.7 Å². The lowest BCUT2D eigenvalue weighted by molar-refractivity contribution is -0.151. The quantitative estimate of drug-likeness (QED) is 0.383. The van der Waals surface area contributed by atoms with Crippen LogP contribution in [0, 0.1) is 5.92 Å². The molecule has 3 aromatic rings. The summed E-state index contributed by atoms with van der Waals surface area (Å²) in [6, 6.07) is 16.0. The molecule has 1 fully saturated rings. The maximum Gasteiger partial charge on any atom is 0.266 e. The van der Waals surface area contributed by atoms with Gasteiger partial charge < -0.3 is 24.5 Å². The highest BCUT2D eigenvalue weighted by atomic mass is 16.5. The minimum atomic E-state index is -1.52. The number of ketones is 1. The summed E-state index contributed by atoms with van der Waals surface area (Å²) in [6.45, 7) is 3.27. The minimum absolute atomic E-state index is 0.0843. The van der Waals surface area contributed by atoms with E-state index in [1.807, 2.05) is 30.3 Å². The van der Waals surface area contributed by atoms with Crippen molar-refractivity contribution in [1.82, 2.24) is 15.2 Å². The normalized spacial score (nSPS) is 16.2. The molecule has 1 unspecified atom stereocenters. The number of oxazole rings is 1. The zero-order valence-corrected chi connectivity index (χ0v) is 21.0. The summed E-state index contributed by atoms with van der Waals surface area (Å²) in [7, 11) is 0. The highest BCUT2D eigenvalue weighted by Gasteiger charge is 2.37. The van der Waals surface area contributed by atoms with Crippen LogP contribution in [-0.4, -0.2) is 71.0 Å². The van der Waals surface area contributed by atoms with Crippen LogP contribution in [0.25, 0.3) is 11.1 Å². The van der Waals surface area contributed by atoms with Gasteiger partial charge in [0.1, 0.15) is 11.6 Å². The number of hydrogen-bond acceptors (Lipinski definition) is 7. The molecule has 2 heterocycles. The number of nitrogens with zero attached hydrogens (tertiary/aromatic N) is 2. The zero-order chi connectivity index (χ0) is 26.2. The molecule has 1 aliphatic rings. The van der Waals surface area contributed by atoms with Crippen molar-refractivity contribution in [2.75, 3.05) is 26.3 Å². The molecule has 0 aliphatic carbocycles. The fraction of sp³-hybridized carbons (Fsp3) is 0.429. The fourth-order valence-corrected chi connectivity index (χ4v) is 4.50. The largest absolute Gasteiger partial charge is 0.434 e. The molecular weight excluding hydrogens is 474 g/mol. The Labute approximate surface area is 215 Å². The third-order valence-electron chi connectivity index (χ3n) is 6.66. The molecule has 0 radical (unpaired) electrons. The lowest BCUT2D eigenvalue weighted by Gasteiger charge is -2.31. The van der Waals surface area contributed by atoms with Gasteiger partial charge in [-0.2, -0.15) is 0 Å². The smallest absolute Gasteiger partial charge is 0.266 e. The number of fused-ring (bicyclic) bond motifs is 1. The Morgan fingerprint density at radius 3 is 2.46 bits per heavy atom. The molecule has 3 atom stereocenters. The van der Waals surface area contributed by atoms with E-state index in [4.69, 9.17) is 9.15 Å². The standard InChI is InChI=1S/C28H33N3O6/c1-2-21(25(33)27-30-22-13-6-7-14-23(22)37-27)29-26(34)20(12-8-11-19-9-4-3-5-10-19)24(32)28(35)31-15-17-36-18-16-31/h3-7,9-10,13-14,20-21,24,32H,2,8,11-12,15-18H2,1H3,(H,29,34)/t20-,21?,24+/m1/s1. The van der Waals surface area contributed by atoms with Gasteiger partial charge in [0.15, 0.2) is 5.58 Å². The summed E-state index contributed by atoms with van der Waals surface area (Å²) in [5.41, 5.74) is 2.14. The van der Waals surface area contributed by atoms with Crippen molar-refractivity contribution in [2.24, 2.45) is 5.92 Å². The molecule has 0 spiro atoms. The van der Waals surface area contributed by atoms with Crippen molar-refractivity contribution in [3.8, 4) is 0 Å². The Balaban J connectivity index is 1.47. The van der Waals surface area contributed by atoms with Crippen LogP contribution in [0.3, 0.4) is 0 Å². The number of aromatic nitrogens is 1. The molecule has 2 aromatic carbocycles. The topological polar surface area (TPSA) is 122 Å². The summed E-state index contributed by atoms with van der Waals surface area (Å²) < 4.78 is 10.9. The summed E-state index contributed by atoms with van der Waals surface area (Å²) in [5.74, 6) is -2.59. The molecule has 196 valence electrons. The molecule has 1 saturated heterocycles. The van der Waals surface area contributed by atoms with Gasteiger partial charge in [0.05, 0.1) is 25.2 Å². The molecule has 4 rings (SSSR count). The third kappa shape index (κ3) is 6.61. The average Bonchev–Trinajstić information content (AvgIpc) is 3.38. The number of morpholine rings is 1. The molecule has 1 aliphatic heterocycles. The van der Waals surface area contributed by atoms with Crippen molar-refractivity contribution in [3.05, 3.63) is 66.1 Å². The molecule has 37 heavy (non-hydrogen) atoms. The van der Waals surface area contributed by atoms with E-state index in [-0.39, 0.29) is 12.3 Å². The van der Waals surface area contributed by atoms with Crippen molar-refractivity contribution in [3.63, 3.8) is 0 Å². The summed E-state index contributed by atoms with van der Waals surface area (Å²) in [6.07, 6.45) is 0.345. The summed E-state index contributed by atoms with van der Waals surface area (Å²) in [5, 5.41) is 13.8. The Kier molecular flexibility index (Phi) is 9.03. The van der Waals surface area contributed by atoms with Crippen LogP contribution in [0.2, 0.25) is 0 Å². The van der Waals surface area contributed by atoms with Gasteiger partial charge in [-0.3, -0.25) is 14.4 Å². The van der Waals surface area contributed by atoms with Crippen LogP contribution in [0.4, 0.5) is 0 Å². The van der Waals surface area contributed by atoms with Gasteiger partial charge in [0.25, 0.3) is 11.8 Å². The Hall–Kier alpha value is -3.56. The second-order valence-electron chi connectivity index (χ2n) is 9.19. The Morgan fingerprint density at radius 1 is 1.05 bits per heavy atom.